The maximum atomic E-state index is 10.7. The van der Waals surface area contributed by atoms with Crippen molar-refractivity contribution in [1.29, 1.82) is 0 Å². The van der Waals surface area contributed by atoms with Crippen LogP contribution in [0.4, 0.5) is 0 Å². The number of carboxylic acid groups (broad SMARTS) is 1. The van der Waals surface area contributed by atoms with Gasteiger partial charge in [-0.2, -0.15) is 0 Å². The summed E-state index contributed by atoms with van der Waals surface area (Å²) in [6.45, 7) is 3.34. The smallest absolute Gasteiger partial charge is 0.335 e. The molecular weight excluding hydrogens is 160 g/mol. The van der Waals surface area contributed by atoms with Gasteiger partial charge in [0.05, 0.1) is 13.2 Å². The first-order valence-corrected chi connectivity index (χ1v) is 4.05. The van der Waals surface area contributed by atoms with Crippen LogP contribution in [-0.2, 0) is 9.53 Å². The van der Waals surface area contributed by atoms with Crippen LogP contribution in [0.3, 0.4) is 0 Å². The van der Waals surface area contributed by atoms with Gasteiger partial charge in [0.15, 0.2) is 5.60 Å². The van der Waals surface area contributed by atoms with E-state index in [-0.39, 0.29) is 13.2 Å². The molecular formula is C8H16O4. The summed E-state index contributed by atoms with van der Waals surface area (Å²) in [7, 11) is 0. The molecule has 0 aromatic carbocycles. The van der Waals surface area contributed by atoms with E-state index in [0.717, 1.165) is 6.42 Å². The van der Waals surface area contributed by atoms with E-state index >= 15 is 0 Å². The van der Waals surface area contributed by atoms with Gasteiger partial charge in [-0.1, -0.05) is 13.3 Å². The third kappa shape index (κ3) is 3.19. The molecule has 0 spiro atoms. The Kier molecular flexibility index (Phi) is 4.85. The van der Waals surface area contributed by atoms with Gasteiger partial charge in [-0.15, -0.1) is 0 Å². The Morgan fingerprint density at radius 1 is 1.58 bits per heavy atom. The van der Waals surface area contributed by atoms with Crippen molar-refractivity contribution in [3.05, 3.63) is 0 Å². The largest absolute Gasteiger partial charge is 0.479 e. The number of carboxylic acids is 1. The molecule has 72 valence electrons. The Morgan fingerprint density at radius 3 is 2.50 bits per heavy atom. The highest BCUT2D eigenvalue weighted by Crippen LogP contribution is 2.17. The van der Waals surface area contributed by atoms with Crippen molar-refractivity contribution >= 4 is 5.97 Å². The molecule has 4 nitrogen and oxygen atoms in total. The predicted octanol–water partition coefficient (Wildman–Crippen LogP) is 0.639. The standard InChI is InChI=1S/C8H16O4/c1-3-4-8(2,7(10)11)12-6-5-9/h9H,3-6H2,1-2H3,(H,10,11). The Bertz CT molecular complexity index is 146. The topological polar surface area (TPSA) is 66.8 Å². The lowest BCUT2D eigenvalue weighted by molar-refractivity contribution is -0.165. The van der Waals surface area contributed by atoms with Gasteiger partial charge >= 0.3 is 5.97 Å². The van der Waals surface area contributed by atoms with Crippen molar-refractivity contribution in [1.82, 2.24) is 0 Å². The van der Waals surface area contributed by atoms with E-state index in [1.165, 1.54) is 6.92 Å². The molecule has 0 aromatic heterocycles. The molecule has 12 heavy (non-hydrogen) atoms. The molecule has 0 saturated carbocycles. The molecule has 0 radical (unpaired) electrons. The van der Waals surface area contributed by atoms with Crippen LogP contribution in [-0.4, -0.2) is 35.0 Å². The minimum atomic E-state index is -1.14. The molecule has 0 fully saturated rings. The van der Waals surface area contributed by atoms with E-state index in [2.05, 4.69) is 0 Å². The minimum Gasteiger partial charge on any atom is -0.479 e. The second-order valence-corrected chi connectivity index (χ2v) is 2.86. The van der Waals surface area contributed by atoms with Crippen LogP contribution in [0.1, 0.15) is 26.7 Å². The Balaban J connectivity index is 4.08. The van der Waals surface area contributed by atoms with E-state index < -0.39 is 11.6 Å². The van der Waals surface area contributed by atoms with Crippen LogP contribution in [0.15, 0.2) is 0 Å². The van der Waals surface area contributed by atoms with Crippen LogP contribution < -0.4 is 0 Å². The number of hydrogen-bond donors (Lipinski definition) is 2. The van der Waals surface area contributed by atoms with Crippen molar-refractivity contribution in [2.45, 2.75) is 32.3 Å². The molecule has 1 atom stereocenters. The number of rotatable bonds is 6. The molecule has 0 aliphatic heterocycles. The van der Waals surface area contributed by atoms with Crippen LogP contribution in [0.5, 0.6) is 0 Å². The second kappa shape index (κ2) is 5.11. The van der Waals surface area contributed by atoms with E-state index in [9.17, 15) is 4.79 Å². The summed E-state index contributed by atoms with van der Waals surface area (Å²) in [5.74, 6) is -0.974. The Labute approximate surface area is 72.2 Å². The van der Waals surface area contributed by atoms with Gasteiger partial charge in [-0.3, -0.25) is 0 Å². The third-order valence-electron chi connectivity index (χ3n) is 1.69. The normalized spacial score (nSPS) is 15.6. The molecule has 0 aromatic rings. The van der Waals surface area contributed by atoms with Crippen LogP contribution in [0.25, 0.3) is 0 Å². The summed E-state index contributed by atoms with van der Waals surface area (Å²) < 4.78 is 5.03. The first-order valence-electron chi connectivity index (χ1n) is 4.05. The molecule has 0 rings (SSSR count). The van der Waals surface area contributed by atoms with Crippen LogP contribution in [0.2, 0.25) is 0 Å². The molecule has 0 amide bonds. The third-order valence-corrected chi connectivity index (χ3v) is 1.69. The lowest BCUT2D eigenvalue weighted by Gasteiger charge is -2.24. The molecule has 0 bridgehead atoms. The van der Waals surface area contributed by atoms with Crippen LogP contribution >= 0.6 is 0 Å². The monoisotopic (exact) mass is 176 g/mol. The number of hydrogen-bond acceptors (Lipinski definition) is 3. The lowest BCUT2D eigenvalue weighted by atomic mass is 10.0. The number of carbonyl (C=O) groups is 1. The number of aliphatic hydroxyl groups excluding tert-OH is 1. The first kappa shape index (κ1) is 11.4. The van der Waals surface area contributed by atoms with Gasteiger partial charge in [0.1, 0.15) is 0 Å². The van der Waals surface area contributed by atoms with E-state index in [0.29, 0.717) is 6.42 Å². The fourth-order valence-corrected chi connectivity index (χ4v) is 0.989. The fraction of sp³-hybridized carbons (Fsp3) is 0.875. The molecule has 0 saturated heterocycles. The van der Waals surface area contributed by atoms with Gasteiger partial charge in [0.2, 0.25) is 0 Å². The lowest BCUT2D eigenvalue weighted by Crippen LogP contribution is -2.39. The summed E-state index contributed by atoms with van der Waals surface area (Å²) in [4.78, 5) is 10.7. The van der Waals surface area contributed by atoms with Gasteiger partial charge in [-0.05, 0) is 13.3 Å². The Hall–Kier alpha value is -0.610. The van der Waals surface area contributed by atoms with Crippen molar-refractivity contribution in [2.24, 2.45) is 0 Å². The Morgan fingerprint density at radius 2 is 2.17 bits per heavy atom. The minimum absolute atomic E-state index is 0.0722. The maximum Gasteiger partial charge on any atom is 0.335 e. The SMILES string of the molecule is CCCC(C)(OCCO)C(=O)O. The predicted molar refractivity (Wildman–Crippen MR) is 44.0 cm³/mol. The number of aliphatic hydroxyl groups is 1. The molecule has 4 heteroatoms. The summed E-state index contributed by atoms with van der Waals surface area (Å²) in [5, 5.41) is 17.2. The van der Waals surface area contributed by atoms with Crippen molar-refractivity contribution in [3.8, 4) is 0 Å². The zero-order valence-electron chi connectivity index (χ0n) is 7.54. The van der Waals surface area contributed by atoms with E-state index in [4.69, 9.17) is 14.9 Å². The van der Waals surface area contributed by atoms with Gasteiger partial charge in [0.25, 0.3) is 0 Å². The van der Waals surface area contributed by atoms with Gasteiger partial charge in [-0.25, -0.2) is 4.79 Å². The zero-order chi connectivity index (χ0) is 9.61. The highest BCUT2D eigenvalue weighted by molar-refractivity contribution is 5.76. The number of aliphatic carboxylic acids is 1. The van der Waals surface area contributed by atoms with Crippen molar-refractivity contribution in [3.63, 3.8) is 0 Å². The van der Waals surface area contributed by atoms with E-state index in [1.807, 2.05) is 6.92 Å². The highest BCUT2D eigenvalue weighted by Gasteiger charge is 2.32. The second-order valence-electron chi connectivity index (χ2n) is 2.86. The van der Waals surface area contributed by atoms with Crippen molar-refractivity contribution < 1.29 is 19.7 Å². The average molecular weight is 176 g/mol. The summed E-state index contributed by atoms with van der Waals surface area (Å²) in [6, 6.07) is 0. The summed E-state index contributed by atoms with van der Waals surface area (Å²) >= 11 is 0. The quantitative estimate of drug-likeness (QED) is 0.623. The van der Waals surface area contributed by atoms with Crippen LogP contribution in [0, 0.1) is 0 Å². The average Bonchev–Trinajstić information content (AvgIpc) is 2.01. The zero-order valence-corrected chi connectivity index (χ0v) is 7.54. The first-order chi connectivity index (χ1) is 5.56. The molecule has 0 heterocycles. The molecule has 2 N–H and O–H groups in total. The summed E-state index contributed by atoms with van der Waals surface area (Å²) in [6.07, 6.45) is 1.20. The molecule has 0 aliphatic rings. The van der Waals surface area contributed by atoms with Gasteiger partial charge in [0, 0.05) is 0 Å². The van der Waals surface area contributed by atoms with Gasteiger partial charge < -0.3 is 14.9 Å². The highest BCUT2D eigenvalue weighted by atomic mass is 16.5. The van der Waals surface area contributed by atoms with E-state index in [1.54, 1.807) is 0 Å². The summed E-state index contributed by atoms with van der Waals surface area (Å²) in [5.41, 5.74) is -1.14. The maximum absolute atomic E-state index is 10.7. The van der Waals surface area contributed by atoms with Crippen molar-refractivity contribution in [2.75, 3.05) is 13.2 Å². The fourth-order valence-electron chi connectivity index (χ4n) is 0.989. The molecule has 1 unspecified atom stereocenters. The number of ether oxygens (including phenoxy) is 1. The molecule has 0 aliphatic carbocycles.